The monoisotopic (exact) mass is 180 g/mol. The summed E-state index contributed by atoms with van der Waals surface area (Å²) in [5, 5.41) is 0. The summed E-state index contributed by atoms with van der Waals surface area (Å²) in [6.45, 7) is 3.96. The SMILES string of the molecule is Cc1cc(=O)cc(C(C)N(C)C)[nH]1. The number of nitrogens with zero attached hydrogens (tertiary/aromatic N) is 1. The molecule has 0 saturated heterocycles. The Labute approximate surface area is 78.4 Å². The molecule has 1 heterocycles. The normalized spacial score (nSPS) is 13.3. The maximum atomic E-state index is 11.2. The summed E-state index contributed by atoms with van der Waals surface area (Å²) in [7, 11) is 3.98. The minimum Gasteiger partial charge on any atom is -0.361 e. The highest BCUT2D eigenvalue weighted by Gasteiger charge is 2.08. The van der Waals surface area contributed by atoms with Crippen LogP contribution in [0.4, 0.5) is 0 Å². The van der Waals surface area contributed by atoms with Crippen molar-refractivity contribution in [2.75, 3.05) is 14.1 Å². The lowest BCUT2D eigenvalue weighted by atomic mass is 10.2. The number of pyridine rings is 1. The third kappa shape index (κ3) is 2.42. The molecule has 0 aliphatic rings. The highest BCUT2D eigenvalue weighted by molar-refractivity contribution is 5.13. The van der Waals surface area contributed by atoms with Gasteiger partial charge in [0.2, 0.25) is 0 Å². The van der Waals surface area contributed by atoms with E-state index in [1.807, 2.05) is 21.0 Å². The maximum absolute atomic E-state index is 11.2. The quantitative estimate of drug-likeness (QED) is 0.744. The number of nitrogens with one attached hydrogen (secondary N) is 1. The van der Waals surface area contributed by atoms with Crippen LogP contribution in [0.3, 0.4) is 0 Å². The summed E-state index contributed by atoms with van der Waals surface area (Å²) in [6.07, 6.45) is 0. The molecule has 1 N–H and O–H groups in total. The third-order valence-electron chi connectivity index (χ3n) is 2.22. The molecule has 1 atom stereocenters. The van der Waals surface area contributed by atoms with Gasteiger partial charge in [0.1, 0.15) is 0 Å². The van der Waals surface area contributed by atoms with Crippen molar-refractivity contribution in [2.24, 2.45) is 0 Å². The lowest BCUT2D eigenvalue weighted by Gasteiger charge is -2.19. The number of aromatic nitrogens is 1. The van der Waals surface area contributed by atoms with Crippen LogP contribution in [0.25, 0.3) is 0 Å². The average molecular weight is 180 g/mol. The van der Waals surface area contributed by atoms with Gasteiger partial charge in [-0.15, -0.1) is 0 Å². The van der Waals surface area contributed by atoms with Crippen LogP contribution in [-0.2, 0) is 0 Å². The molecule has 0 aliphatic heterocycles. The molecule has 1 aromatic heterocycles. The summed E-state index contributed by atoms with van der Waals surface area (Å²) in [4.78, 5) is 16.4. The predicted molar refractivity (Wildman–Crippen MR) is 53.9 cm³/mol. The zero-order chi connectivity index (χ0) is 10.0. The van der Waals surface area contributed by atoms with Gasteiger partial charge in [-0.25, -0.2) is 0 Å². The van der Waals surface area contributed by atoms with Crippen LogP contribution >= 0.6 is 0 Å². The van der Waals surface area contributed by atoms with Gasteiger partial charge >= 0.3 is 0 Å². The van der Waals surface area contributed by atoms with Gasteiger partial charge in [0, 0.05) is 29.6 Å². The van der Waals surface area contributed by atoms with E-state index < -0.39 is 0 Å². The Balaban J connectivity index is 3.08. The van der Waals surface area contributed by atoms with Crippen LogP contribution in [0.2, 0.25) is 0 Å². The smallest absolute Gasteiger partial charge is 0.182 e. The first-order valence-electron chi connectivity index (χ1n) is 4.38. The lowest BCUT2D eigenvalue weighted by Crippen LogP contribution is -2.19. The van der Waals surface area contributed by atoms with E-state index in [0.29, 0.717) is 0 Å². The van der Waals surface area contributed by atoms with Crippen LogP contribution in [0, 0.1) is 6.92 Å². The summed E-state index contributed by atoms with van der Waals surface area (Å²) in [6, 6.07) is 3.50. The fourth-order valence-corrected chi connectivity index (χ4v) is 1.21. The van der Waals surface area contributed by atoms with Crippen molar-refractivity contribution in [1.82, 2.24) is 9.88 Å². The predicted octanol–water partition coefficient (Wildman–Crippen LogP) is 1.31. The summed E-state index contributed by atoms with van der Waals surface area (Å²) in [5.74, 6) is 0. The van der Waals surface area contributed by atoms with Crippen LogP contribution in [0.1, 0.15) is 24.4 Å². The first-order chi connectivity index (χ1) is 6.00. The molecule has 13 heavy (non-hydrogen) atoms. The number of hydrogen-bond donors (Lipinski definition) is 1. The molecule has 0 bridgehead atoms. The van der Waals surface area contributed by atoms with Gasteiger partial charge in [-0.1, -0.05) is 0 Å². The van der Waals surface area contributed by atoms with E-state index in [1.54, 1.807) is 12.1 Å². The third-order valence-corrected chi connectivity index (χ3v) is 2.22. The highest BCUT2D eigenvalue weighted by atomic mass is 16.1. The van der Waals surface area contributed by atoms with Crippen molar-refractivity contribution in [3.8, 4) is 0 Å². The number of aromatic amines is 1. The van der Waals surface area contributed by atoms with Gasteiger partial charge in [-0.05, 0) is 27.9 Å². The number of rotatable bonds is 2. The van der Waals surface area contributed by atoms with E-state index in [1.165, 1.54) is 0 Å². The Morgan fingerprint density at radius 3 is 2.46 bits per heavy atom. The second-order valence-electron chi connectivity index (χ2n) is 3.59. The molecule has 3 heteroatoms. The Morgan fingerprint density at radius 2 is 2.00 bits per heavy atom. The van der Waals surface area contributed by atoms with E-state index >= 15 is 0 Å². The van der Waals surface area contributed by atoms with Crippen molar-refractivity contribution in [1.29, 1.82) is 0 Å². The van der Waals surface area contributed by atoms with E-state index in [-0.39, 0.29) is 11.5 Å². The van der Waals surface area contributed by atoms with Crippen molar-refractivity contribution in [2.45, 2.75) is 19.9 Å². The molecule has 1 rings (SSSR count). The minimum atomic E-state index is 0.0694. The molecule has 3 nitrogen and oxygen atoms in total. The van der Waals surface area contributed by atoms with Gasteiger partial charge in [-0.2, -0.15) is 0 Å². The van der Waals surface area contributed by atoms with E-state index in [4.69, 9.17) is 0 Å². The first kappa shape index (κ1) is 9.99. The first-order valence-corrected chi connectivity index (χ1v) is 4.38. The molecule has 72 valence electrons. The number of H-pyrrole nitrogens is 1. The largest absolute Gasteiger partial charge is 0.361 e. The Hall–Kier alpha value is -1.09. The molecule has 0 spiro atoms. The fraction of sp³-hybridized carbons (Fsp3) is 0.500. The van der Waals surface area contributed by atoms with Gasteiger partial charge < -0.3 is 9.88 Å². The highest BCUT2D eigenvalue weighted by Crippen LogP contribution is 2.12. The topological polar surface area (TPSA) is 36.1 Å². The molecule has 0 saturated carbocycles. The molecule has 0 radical (unpaired) electrons. The van der Waals surface area contributed by atoms with Gasteiger partial charge in [0.05, 0.1) is 0 Å². The second-order valence-corrected chi connectivity index (χ2v) is 3.59. The zero-order valence-corrected chi connectivity index (χ0v) is 8.59. The van der Waals surface area contributed by atoms with Crippen LogP contribution in [-0.4, -0.2) is 24.0 Å². The Morgan fingerprint density at radius 1 is 1.38 bits per heavy atom. The van der Waals surface area contributed by atoms with Crippen molar-refractivity contribution >= 4 is 0 Å². The molecule has 0 aromatic carbocycles. The van der Waals surface area contributed by atoms with E-state index in [0.717, 1.165) is 11.4 Å². The van der Waals surface area contributed by atoms with Gasteiger partial charge in [0.25, 0.3) is 0 Å². The van der Waals surface area contributed by atoms with Crippen LogP contribution < -0.4 is 5.43 Å². The van der Waals surface area contributed by atoms with Crippen molar-refractivity contribution < 1.29 is 0 Å². The summed E-state index contributed by atoms with van der Waals surface area (Å²) in [5.41, 5.74) is 1.95. The molecule has 0 amide bonds. The van der Waals surface area contributed by atoms with E-state index in [2.05, 4.69) is 16.8 Å². The average Bonchev–Trinajstić information content (AvgIpc) is 2.01. The van der Waals surface area contributed by atoms with Gasteiger partial charge in [-0.3, -0.25) is 4.79 Å². The van der Waals surface area contributed by atoms with Crippen molar-refractivity contribution in [3.05, 3.63) is 33.7 Å². The molecule has 1 unspecified atom stereocenters. The second kappa shape index (κ2) is 3.75. The molecule has 0 aliphatic carbocycles. The molecular weight excluding hydrogens is 164 g/mol. The van der Waals surface area contributed by atoms with Crippen LogP contribution in [0.5, 0.6) is 0 Å². The maximum Gasteiger partial charge on any atom is 0.182 e. The van der Waals surface area contributed by atoms with Gasteiger partial charge in [0.15, 0.2) is 5.43 Å². The molecular formula is C10H16N2O. The van der Waals surface area contributed by atoms with Crippen LogP contribution in [0.15, 0.2) is 16.9 Å². The number of hydrogen-bond acceptors (Lipinski definition) is 2. The Bertz CT molecular complexity index is 341. The summed E-state index contributed by atoms with van der Waals surface area (Å²) >= 11 is 0. The summed E-state index contributed by atoms with van der Waals surface area (Å²) < 4.78 is 0. The fourth-order valence-electron chi connectivity index (χ4n) is 1.21. The Kier molecular flexibility index (Phi) is 2.88. The minimum absolute atomic E-state index is 0.0694. The number of aryl methyl sites for hydroxylation is 1. The standard InChI is InChI=1S/C10H16N2O/c1-7-5-9(13)6-10(11-7)8(2)12(3)4/h5-6,8H,1-4H3,(H,11,13). The van der Waals surface area contributed by atoms with E-state index in [9.17, 15) is 4.79 Å². The molecule has 1 aromatic rings. The van der Waals surface area contributed by atoms with Crippen molar-refractivity contribution in [3.63, 3.8) is 0 Å². The molecule has 0 fully saturated rings. The zero-order valence-electron chi connectivity index (χ0n) is 8.59. The lowest BCUT2D eigenvalue weighted by molar-refractivity contribution is 0.315.